The summed E-state index contributed by atoms with van der Waals surface area (Å²) in [6.07, 6.45) is 2.34. The van der Waals surface area contributed by atoms with Gasteiger partial charge in [0, 0.05) is 11.3 Å². The van der Waals surface area contributed by atoms with Gasteiger partial charge in [-0.2, -0.15) is 11.8 Å². The minimum Gasteiger partial charge on any atom is -0.384 e. The zero-order chi connectivity index (χ0) is 12.5. The molecule has 0 heterocycles. The van der Waals surface area contributed by atoms with Crippen molar-refractivity contribution in [2.75, 3.05) is 12.4 Å². The average molecular weight is 252 g/mol. The molecule has 1 aromatic carbocycles. The average Bonchev–Trinajstić information content (AvgIpc) is 2.34. The molecule has 1 aromatic rings. The number of hydrogen-bond acceptors (Lipinski definition) is 2. The van der Waals surface area contributed by atoms with E-state index in [2.05, 4.69) is 18.8 Å². The molecule has 0 unspecified atom stereocenters. The van der Waals surface area contributed by atoms with Crippen molar-refractivity contribution >= 4 is 11.8 Å². The molecule has 1 N–H and O–H groups in total. The predicted molar refractivity (Wildman–Crippen MR) is 71.4 cm³/mol. The molecular formula is C14H17FOS. The summed E-state index contributed by atoms with van der Waals surface area (Å²) in [5.74, 6) is 6.77. The molecule has 1 rings (SSSR count). The SMILES string of the molecule is CCCCSCc1ccc(C#CCO)cc1F. The molecule has 0 amide bonds. The molecule has 17 heavy (non-hydrogen) atoms. The van der Waals surface area contributed by atoms with Crippen molar-refractivity contribution in [3.05, 3.63) is 35.1 Å². The number of thioether (sulfide) groups is 1. The number of rotatable bonds is 5. The topological polar surface area (TPSA) is 20.2 Å². The molecule has 92 valence electrons. The van der Waals surface area contributed by atoms with Crippen molar-refractivity contribution in [3.8, 4) is 11.8 Å². The highest BCUT2D eigenvalue weighted by atomic mass is 32.2. The van der Waals surface area contributed by atoms with E-state index in [9.17, 15) is 4.39 Å². The minimum absolute atomic E-state index is 0.198. The van der Waals surface area contributed by atoms with Crippen molar-refractivity contribution in [1.29, 1.82) is 0 Å². The van der Waals surface area contributed by atoms with E-state index in [4.69, 9.17) is 5.11 Å². The minimum atomic E-state index is -0.210. The van der Waals surface area contributed by atoms with Crippen molar-refractivity contribution in [2.24, 2.45) is 0 Å². The van der Waals surface area contributed by atoms with Crippen LogP contribution in [-0.4, -0.2) is 17.5 Å². The van der Waals surface area contributed by atoms with Gasteiger partial charge in [0.15, 0.2) is 0 Å². The van der Waals surface area contributed by atoms with E-state index in [1.54, 1.807) is 23.9 Å². The third-order valence-corrected chi connectivity index (χ3v) is 3.36. The Bertz CT molecular complexity index is 406. The Kier molecular flexibility index (Phi) is 6.76. The number of unbranched alkanes of at least 4 members (excludes halogenated alkanes) is 1. The van der Waals surface area contributed by atoms with E-state index in [0.717, 1.165) is 11.3 Å². The van der Waals surface area contributed by atoms with Crippen LogP contribution in [0, 0.1) is 17.7 Å². The lowest BCUT2D eigenvalue weighted by molar-refractivity contribution is 0.350. The summed E-state index contributed by atoms with van der Waals surface area (Å²) >= 11 is 1.75. The molecule has 0 spiro atoms. The van der Waals surface area contributed by atoms with Gasteiger partial charge in [0.2, 0.25) is 0 Å². The summed E-state index contributed by atoms with van der Waals surface area (Å²) in [7, 11) is 0. The monoisotopic (exact) mass is 252 g/mol. The molecular weight excluding hydrogens is 235 g/mol. The third-order valence-electron chi connectivity index (χ3n) is 2.26. The van der Waals surface area contributed by atoms with Gasteiger partial charge >= 0.3 is 0 Å². The van der Waals surface area contributed by atoms with Crippen LogP contribution in [0.2, 0.25) is 0 Å². The Labute approximate surface area is 106 Å². The van der Waals surface area contributed by atoms with Gasteiger partial charge in [-0.1, -0.05) is 31.3 Å². The summed E-state index contributed by atoms with van der Waals surface area (Å²) in [5, 5.41) is 8.55. The molecule has 0 bridgehead atoms. The lowest BCUT2D eigenvalue weighted by Crippen LogP contribution is -1.90. The maximum Gasteiger partial charge on any atom is 0.128 e. The molecule has 0 radical (unpaired) electrons. The first-order valence-corrected chi connectivity index (χ1v) is 6.89. The summed E-state index contributed by atoms with van der Waals surface area (Å²) < 4.78 is 13.6. The molecule has 3 heteroatoms. The van der Waals surface area contributed by atoms with Crippen LogP contribution >= 0.6 is 11.8 Å². The third kappa shape index (κ3) is 5.25. The van der Waals surface area contributed by atoms with Gasteiger partial charge in [-0.3, -0.25) is 0 Å². The number of aliphatic hydroxyl groups excluding tert-OH is 1. The van der Waals surface area contributed by atoms with Gasteiger partial charge in [-0.15, -0.1) is 0 Å². The maximum absolute atomic E-state index is 13.6. The van der Waals surface area contributed by atoms with Crippen LogP contribution in [0.4, 0.5) is 4.39 Å². The standard InChI is InChI=1S/C14H17FOS/c1-2-3-9-17-11-13-7-6-12(5-4-8-16)10-14(13)15/h6-7,10,16H,2-3,8-9,11H2,1H3. The van der Waals surface area contributed by atoms with E-state index in [1.165, 1.54) is 18.9 Å². The predicted octanol–water partition coefficient (Wildman–Crippen LogP) is 3.20. The molecule has 0 atom stereocenters. The van der Waals surface area contributed by atoms with Crippen molar-refractivity contribution < 1.29 is 9.50 Å². The van der Waals surface area contributed by atoms with Gasteiger partial charge in [-0.25, -0.2) is 4.39 Å². The van der Waals surface area contributed by atoms with E-state index in [1.807, 2.05) is 0 Å². The molecule has 0 aromatic heterocycles. The van der Waals surface area contributed by atoms with E-state index in [0.29, 0.717) is 11.3 Å². The highest BCUT2D eigenvalue weighted by molar-refractivity contribution is 7.98. The summed E-state index contributed by atoms with van der Waals surface area (Å²) in [6.45, 7) is 1.95. The van der Waals surface area contributed by atoms with Crippen molar-refractivity contribution in [1.82, 2.24) is 0 Å². The zero-order valence-electron chi connectivity index (χ0n) is 10.0. The van der Waals surface area contributed by atoms with Crippen LogP contribution in [-0.2, 0) is 5.75 Å². The lowest BCUT2D eigenvalue weighted by Gasteiger charge is -2.03. The quantitative estimate of drug-likeness (QED) is 0.641. The zero-order valence-corrected chi connectivity index (χ0v) is 10.8. The molecule has 0 aliphatic heterocycles. The Morgan fingerprint density at radius 3 is 2.88 bits per heavy atom. The fraction of sp³-hybridized carbons (Fsp3) is 0.429. The Hall–Kier alpha value is -0.980. The Balaban J connectivity index is 2.57. The van der Waals surface area contributed by atoms with Crippen LogP contribution in [0.1, 0.15) is 30.9 Å². The van der Waals surface area contributed by atoms with Crippen LogP contribution in [0.5, 0.6) is 0 Å². The number of benzene rings is 1. The van der Waals surface area contributed by atoms with E-state index < -0.39 is 0 Å². The van der Waals surface area contributed by atoms with Gasteiger partial charge in [0.05, 0.1) is 0 Å². The van der Waals surface area contributed by atoms with Gasteiger partial charge in [0.1, 0.15) is 12.4 Å². The molecule has 0 aliphatic carbocycles. The second-order valence-electron chi connectivity index (χ2n) is 3.67. The van der Waals surface area contributed by atoms with Gasteiger partial charge in [-0.05, 0) is 29.9 Å². The first-order chi connectivity index (χ1) is 8.27. The molecule has 0 saturated heterocycles. The summed E-state index contributed by atoms with van der Waals surface area (Å²) in [4.78, 5) is 0. The Morgan fingerprint density at radius 1 is 1.41 bits per heavy atom. The summed E-state index contributed by atoms with van der Waals surface area (Å²) in [5.41, 5.74) is 1.33. The first-order valence-electron chi connectivity index (χ1n) is 5.73. The second-order valence-corrected chi connectivity index (χ2v) is 4.78. The number of halogens is 1. The van der Waals surface area contributed by atoms with Gasteiger partial charge in [0.25, 0.3) is 0 Å². The van der Waals surface area contributed by atoms with Crippen molar-refractivity contribution in [3.63, 3.8) is 0 Å². The molecule has 0 aliphatic rings. The molecule has 0 fully saturated rings. The van der Waals surface area contributed by atoms with Gasteiger partial charge < -0.3 is 5.11 Å². The Morgan fingerprint density at radius 2 is 2.24 bits per heavy atom. The van der Waals surface area contributed by atoms with Crippen LogP contribution in [0.25, 0.3) is 0 Å². The van der Waals surface area contributed by atoms with Crippen molar-refractivity contribution in [2.45, 2.75) is 25.5 Å². The maximum atomic E-state index is 13.6. The lowest BCUT2D eigenvalue weighted by atomic mass is 10.1. The number of aliphatic hydroxyl groups is 1. The normalized spacial score (nSPS) is 9.82. The summed E-state index contributed by atoms with van der Waals surface area (Å²) in [6, 6.07) is 5.00. The highest BCUT2D eigenvalue weighted by Crippen LogP contribution is 2.17. The fourth-order valence-electron chi connectivity index (χ4n) is 1.31. The fourth-order valence-corrected chi connectivity index (χ4v) is 2.40. The first kappa shape index (κ1) is 14.1. The smallest absolute Gasteiger partial charge is 0.128 e. The van der Waals surface area contributed by atoms with Crippen LogP contribution in [0.3, 0.4) is 0 Å². The van der Waals surface area contributed by atoms with E-state index in [-0.39, 0.29) is 12.4 Å². The van der Waals surface area contributed by atoms with E-state index >= 15 is 0 Å². The second kappa shape index (κ2) is 8.16. The highest BCUT2D eigenvalue weighted by Gasteiger charge is 2.02. The molecule has 0 saturated carbocycles. The van der Waals surface area contributed by atoms with Crippen LogP contribution in [0.15, 0.2) is 18.2 Å². The number of hydrogen-bond donors (Lipinski definition) is 1. The van der Waals surface area contributed by atoms with Crippen LogP contribution < -0.4 is 0 Å². The largest absolute Gasteiger partial charge is 0.384 e. The molecule has 1 nitrogen and oxygen atoms in total.